The Hall–Kier alpha value is -3.02. The van der Waals surface area contributed by atoms with E-state index >= 15 is 0 Å². The quantitative estimate of drug-likeness (QED) is 0.598. The van der Waals surface area contributed by atoms with Crippen molar-refractivity contribution in [2.75, 3.05) is 20.8 Å². The average molecular weight is 370 g/mol. The van der Waals surface area contributed by atoms with Crippen molar-refractivity contribution in [1.82, 2.24) is 5.43 Å². The molecule has 144 valence electrons. The number of hydrogen-bond donors (Lipinski definition) is 1. The third-order valence-corrected chi connectivity index (χ3v) is 3.90. The van der Waals surface area contributed by atoms with E-state index in [1.807, 2.05) is 30.3 Å². The van der Waals surface area contributed by atoms with Crippen LogP contribution in [0, 0.1) is 0 Å². The van der Waals surface area contributed by atoms with Crippen molar-refractivity contribution in [2.45, 2.75) is 26.2 Å². The fourth-order valence-electron chi connectivity index (χ4n) is 2.34. The maximum Gasteiger partial charge on any atom is 0.277 e. The molecule has 0 fully saturated rings. The number of rotatable bonds is 7. The van der Waals surface area contributed by atoms with Gasteiger partial charge in [-0.3, -0.25) is 4.79 Å². The maximum atomic E-state index is 11.9. The van der Waals surface area contributed by atoms with E-state index in [0.29, 0.717) is 17.2 Å². The Bertz CT molecular complexity index is 793. The molecule has 0 saturated carbocycles. The molecule has 0 heterocycles. The molecule has 0 atom stereocenters. The minimum atomic E-state index is -0.341. The van der Waals surface area contributed by atoms with Gasteiger partial charge in [-0.1, -0.05) is 32.9 Å². The van der Waals surface area contributed by atoms with Crippen LogP contribution in [-0.4, -0.2) is 32.9 Å². The van der Waals surface area contributed by atoms with Gasteiger partial charge in [0.05, 0.1) is 20.4 Å². The van der Waals surface area contributed by atoms with Gasteiger partial charge in [0.2, 0.25) is 0 Å². The van der Waals surface area contributed by atoms with E-state index in [9.17, 15) is 4.79 Å². The zero-order valence-corrected chi connectivity index (χ0v) is 16.4. The highest BCUT2D eigenvalue weighted by molar-refractivity contribution is 5.83. The van der Waals surface area contributed by atoms with Gasteiger partial charge in [0.15, 0.2) is 18.1 Å². The number of amides is 1. The normalized spacial score (nSPS) is 11.3. The van der Waals surface area contributed by atoms with Gasteiger partial charge in [-0.2, -0.15) is 5.10 Å². The Labute approximate surface area is 160 Å². The first-order chi connectivity index (χ1) is 12.8. The molecule has 1 N–H and O–H groups in total. The van der Waals surface area contributed by atoms with E-state index in [0.717, 1.165) is 5.56 Å². The average Bonchev–Trinajstić information content (AvgIpc) is 2.65. The molecule has 2 aromatic rings. The van der Waals surface area contributed by atoms with E-state index in [2.05, 4.69) is 31.3 Å². The second kappa shape index (κ2) is 9.07. The predicted molar refractivity (Wildman–Crippen MR) is 106 cm³/mol. The highest BCUT2D eigenvalue weighted by atomic mass is 16.5. The molecule has 27 heavy (non-hydrogen) atoms. The Morgan fingerprint density at radius 3 is 2.30 bits per heavy atom. The first kappa shape index (κ1) is 20.3. The summed E-state index contributed by atoms with van der Waals surface area (Å²) in [6, 6.07) is 13.1. The molecule has 0 radical (unpaired) electrons. The molecule has 0 aromatic heterocycles. The van der Waals surface area contributed by atoms with Crippen molar-refractivity contribution in [3.05, 3.63) is 53.6 Å². The van der Waals surface area contributed by atoms with Gasteiger partial charge in [-0.25, -0.2) is 5.43 Å². The summed E-state index contributed by atoms with van der Waals surface area (Å²) in [6.45, 7) is 6.32. The van der Waals surface area contributed by atoms with E-state index in [4.69, 9.17) is 14.2 Å². The largest absolute Gasteiger partial charge is 0.493 e. The number of hydrogen-bond acceptors (Lipinski definition) is 5. The van der Waals surface area contributed by atoms with Crippen molar-refractivity contribution >= 4 is 12.1 Å². The summed E-state index contributed by atoms with van der Waals surface area (Å²) in [4.78, 5) is 11.9. The van der Waals surface area contributed by atoms with E-state index < -0.39 is 0 Å². The lowest BCUT2D eigenvalue weighted by atomic mass is 9.87. The predicted octanol–water partition coefficient (Wildman–Crippen LogP) is 3.53. The zero-order chi connectivity index (χ0) is 19.9. The third-order valence-electron chi connectivity index (χ3n) is 3.90. The summed E-state index contributed by atoms with van der Waals surface area (Å²) in [6.07, 6.45) is 1.53. The number of carbonyl (C=O) groups excluding carboxylic acids is 1. The van der Waals surface area contributed by atoms with Gasteiger partial charge >= 0.3 is 0 Å². The van der Waals surface area contributed by atoms with Gasteiger partial charge in [-0.15, -0.1) is 0 Å². The zero-order valence-electron chi connectivity index (χ0n) is 16.4. The number of nitrogens with zero attached hydrogens (tertiary/aromatic N) is 1. The van der Waals surface area contributed by atoms with Crippen LogP contribution in [-0.2, 0) is 10.2 Å². The van der Waals surface area contributed by atoms with Crippen molar-refractivity contribution in [3.63, 3.8) is 0 Å². The molecule has 0 aliphatic heterocycles. The van der Waals surface area contributed by atoms with Crippen LogP contribution in [0.5, 0.6) is 17.2 Å². The summed E-state index contributed by atoms with van der Waals surface area (Å²) in [5, 5.41) is 3.93. The maximum absolute atomic E-state index is 11.9. The molecule has 0 spiro atoms. The van der Waals surface area contributed by atoms with Crippen LogP contribution >= 0.6 is 0 Å². The molecule has 2 rings (SSSR count). The molecule has 6 heteroatoms. The van der Waals surface area contributed by atoms with Gasteiger partial charge in [-0.05, 0) is 46.9 Å². The van der Waals surface area contributed by atoms with E-state index in [1.165, 1.54) is 11.8 Å². The van der Waals surface area contributed by atoms with Crippen LogP contribution in [0.25, 0.3) is 0 Å². The van der Waals surface area contributed by atoms with Gasteiger partial charge in [0, 0.05) is 0 Å². The first-order valence-electron chi connectivity index (χ1n) is 8.61. The number of nitrogens with one attached hydrogen (secondary N) is 1. The molecule has 6 nitrogen and oxygen atoms in total. The second-order valence-electron chi connectivity index (χ2n) is 6.97. The van der Waals surface area contributed by atoms with E-state index in [1.54, 1.807) is 26.4 Å². The van der Waals surface area contributed by atoms with Gasteiger partial charge in [0.25, 0.3) is 5.91 Å². The lowest BCUT2D eigenvalue weighted by molar-refractivity contribution is -0.123. The summed E-state index contributed by atoms with van der Waals surface area (Å²) in [7, 11) is 3.13. The van der Waals surface area contributed by atoms with Crippen LogP contribution in [0.1, 0.15) is 31.9 Å². The second-order valence-corrected chi connectivity index (χ2v) is 6.97. The lowest BCUT2D eigenvalue weighted by Gasteiger charge is -2.19. The van der Waals surface area contributed by atoms with Crippen LogP contribution in [0.3, 0.4) is 0 Å². The number of hydrazone groups is 1. The first-order valence-corrected chi connectivity index (χ1v) is 8.61. The fourth-order valence-corrected chi connectivity index (χ4v) is 2.34. The molecule has 0 aliphatic rings. The van der Waals surface area contributed by atoms with Crippen LogP contribution in [0.15, 0.2) is 47.6 Å². The number of benzene rings is 2. The van der Waals surface area contributed by atoms with Gasteiger partial charge < -0.3 is 14.2 Å². The van der Waals surface area contributed by atoms with Crippen molar-refractivity contribution in [2.24, 2.45) is 5.10 Å². The summed E-state index contributed by atoms with van der Waals surface area (Å²) in [5.41, 5.74) is 4.49. The summed E-state index contributed by atoms with van der Waals surface area (Å²) >= 11 is 0. The molecular formula is C21H26N2O4. The van der Waals surface area contributed by atoms with Crippen LogP contribution in [0.2, 0.25) is 0 Å². The molecule has 1 amide bonds. The minimum Gasteiger partial charge on any atom is -0.493 e. The SMILES string of the molecule is COc1ccc(C=NNC(=O)COc2ccc(C(C)(C)C)cc2)cc1OC. The Morgan fingerprint density at radius 2 is 1.70 bits per heavy atom. The third kappa shape index (κ3) is 6.02. The van der Waals surface area contributed by atoms with Crippen molar-refractivity contribution in [3.8, 4) is 17.2 Å². The monoisotopic (exact) mass is 370 g/mol. The fraction of sp³-hybridized carbons (Fsp3) is 0.333. The Kier molecular flexibility index (Phi) is 6.82. The number of carbonyl (C=O) groups is 1. The molecule has 2 aromatic carbocycles. The van der Waals surface area contributed by atoms with E-state index in [-0.39, 0.29) is 17.9 Å². The van der Waals surface area contributed by atoms with Crippen molar-refractivity contribution < 1.29 is 19.0 Å². The molecule has 0 unspecified atom stereocenters. The Balaban J connectivity index is 1.85. The number of methoxy groups -OCH3 is 2. The summed E-state index contributed by atoms with van der Waals surface area (Å²) in [5.74, 6) is 1.52. The van der Waals surface area contributed by atoms with Crippen molar-refractivity contribution in [1.29, 1.82) is 0 Å². The number of ether oxygens (including phenoxy) is 3. The molecule has 0 aliphatic carbocycles. The van der Waals surface area contributed by atoms with Crippen LogP contribution in [0.4, 0.5) is 0 Å². The topological polar surface area (TPSA) is 69.2 Å². The molecular weight excluding hydrogens is 344 g/mol. The Morgan fingerprint density at radius 1 is 1.04 bits per heavy atom. The smallest absolute Gasteiger partial charge is 0.277 e. The van der Waals surface area contributed by atoms with Gasteiger partial charge in [0.1, 0.15) is 5.75 Å². The summed E-state index contributed by atoms with van der Waals surface area (Å²) < 4.78 is 15.9. The highest BCUT2D eigenvalue weighted by Crippen LogP contribution is 2.27. The molecule has 0 bridgehead atoms. The van der Waals surface area contributed by atoms with Crippen LogP contribution < -0.4 is 19.6 Å². The molecule has 0 saturated heterocycles. The lowest BCUT2D eigenvalue weighted by Crippen LogP contribution is -2.24. The standard InChI is InChI=1S/C21H26N2O4/c1-21(2,3)16-7-9-17(10-8-16)27-14-20(24)23-22-13-15-6-11-18(25-4)19(12-15)26-5/h6-13H,14H2,1-5H3,(H,23,24). The minimum absolute atomic E-state index is 0.0781. The highest BCUT2D eigenvalue weighted by Gasteiger charge is 2.13.